The molecule has 10 heteroatoms. The molecule has 3 aromatic rings. The molecular formula is C18H11ClF5N3O. The number of hydrogen-bond donors (Lipinski definition) is 0. The summed E-state index contributed by atoms with van der Waals surface area (Å²) in [6.07, 6.45) is 1.33. The second kappa shape index (κ2) is 7.23. The molecule has 0 atom stereocenters. The first-order valence-corrected chi connectivity index (χ1v) is 8.10. The van der Waals surface area contributed by atoms with Gasteiger partial charge in [-0.25, -0.2) is 13.2 Å². The SMILES string of the molecule is Cn1cc(N(C=O)c2ccccc2-c2cc(F)c(F)cc2F)c(C(F)(F)Cl)n1. The molecule has 2 aromatic carbocycles. The van der Waals surface area contributed by atoms with Crippen LogP contribution in [0.25, 0.3) is 11.1 Å². The normalized spacial score (nSPS) is 11.5. The number of nitrogens with zero attached hydrogens (tertiary/aromatic N) is 3. The van der Waals surface area contributed by atoms with Crippen LogP contribution in [0.3, 0.4) is 0 Å². The van der Waals surface area contributed by atoms with Gasteiger partial charge in [-0.15, -0.1) is 0 Å². The second-order valence-corrected chi connectivity index (χ2v) is 6.25. The van der Waals surface area contributed by atoms with Gasteiger partial charge in [0.2, 0.25) is 6.41 Å². The number of aromatic nitrogens is 2. The molecule has 4 nitrogen and oxygen atoms in total. The Balaban J connectivity index is 2.23. The Morgan fingerprint density at radius 2 is 1.68 bits per heavy atom. The molecular weight excluding hydrogens is 405 g/mol. The highest BCUT2D eigenvalue weighted by Crippen LogP contribution is 2.42. The maximum absolute atomic E-state index is 14.3. The molecule has 0 fully saturated rings. The number of alkyl halides is 3. The van der Waals surface area contributed by atoms with Crippen molar-refractivity contribution in [3.8, 4) is 11.1 Å². The van der Waals surface area contributed by atoms with Crippen LogP contribution in [0.5, 0.6) is 0 Å². The van der Waals surface area contributed by atoms with E-state index in [-0.39, 0.29) is 28.9 Å². The zero-order valence-electron chi connectivity index (χ0n) is 14.1. The zero-order chi connectivity index (χ0) is 20.6. The van der Waals surface area contributed by atoms with E-state index in [1.54, 1.807) is 0 Å². The third-order valence-electron chi connectivity index (χ3n) is 3.91. The lowest BCUT2D eigenvalue weighted by Gasteiger charge is -2.22. The fourth-order valence-electron chi connectivity index (χ4n) is 2.74. The molecule has 0 N–H and O–H groups in total. The monoisotopic (exact) mass is 415 g/mol. The summed E-state index contributed by atoms with van der Waals surface area (Å²) in [5.41, 5.74) is -1.70. The van der Waals surface area contributed by atoms with Crippen LogP contribution in [0.15, 0.2) is 42.6 Å². The molecule has 0 saturated carbocycles. The molecule has 146 valence electrons. The van der Waals surface area contributed by atoms with Crippen LogP contribution >= 0.6 is 11.6 Å². The minimum atomic E-state index is -3.89. The quantitative estimate of drug-likeness (QED) is 0.252. The molecule has 0 aliphatic rings. The molecule has 1 aromatic heterocycles. The van der Waals surface area contributed by atoms with E-state index in [2.05, 4.69) is 5.10 Å². The minimum absolute atomic E-state index is 0.0290. The Kier molecular flexibility index (Phi) is 5.12. The second-order valence-electron chi connectivity index (χ2n) is 5.77. The summed E-state index contributed by atoms with van der Waals surface area (Å²) in [4.78, 5) is 12.5. The van der Waals surface area contributed by atoms with Crippen molar-refractivity contribution in [3.05, 3.63) is 65.7 Å². The predicted molar refractivity (Wildman–Crippen MR) is 92.9 cm³/mol. The lowest BCUT2D eigenvalue weighted by molar-refractivity contribution is -0.106. The number of para-hydroxylation sites is 1. The number of halogens is 6. The Hall–Kier alpha value is -2.94. The van der Waals surface area contributed by atoms with E-state index < -0.39 is 28.5 Å². The van der Waals surface area contributed by atoms with E-state index in [4.69, 9.17) is 11.6 Å². The maximum atomic E-state index is 14.3. The van der Waals surface area contributed by atoms with Gasteiger partial charge in [0.1, 0.15) is 5.82 Å². The lowest BCUT2D eigenvalue weighted by atomic mass is 10.0. The fourth-order valence-corrected chi connectivity index (χ4v) is 2.87. The lowest BCUT2D eigenvalue weighted by Crippen LogP contribution is -2.19. The molecule has 28 heavy (non-hydrogen) atoms. The van der Waals surface area contributed by atoms with Crippen LogP contribution in [0, 0.1) is 17.5 Å². The van der Waals surface area contributed by atoms with Crippen molar-refractivity contribution in [2.45, 2.75) is 5.38 Å². The van der Waals surface area contributed by atoms with Gasteiger partial charge in [-0.2, -0.15) is 13.9 Å². The summed E-state index contributed by atoms with van der Waals surface area (Å²) >= 11 is 5.08. The van der Waals surface area contributed by atoms with Crippen molar-refractivity contribution in [3.63, 3.8) is 0 Å². The third-order valence-corrected chi connectivity index (χ3v) is 4.09. The molecule has 0 radical (unpaired) electrons. The van der Waals surface area contributed by atoms with Gasteiger partial charge in [0, 0.05) is 30.4 Å². The van der Waals surface area contributed by atoms with Gasteiger partial charge < -0.3 is 0 Å². The van der Waals surface area contributed by atoms with E-state index >= 15 is 0 Å². The Bertz CT molecular complexity index is 1050. The van der Waals surface area contributed by atoms with Gasteiger partial charge in [0.25, 0.3) is 0 Å². The number of carbonyl (C=O) groups is 1. The first-order chi connectivity index (χ1) is 13.1. The largest absolute Gasteiger partial charge is 0.368 e. The molecule has 3 rings (SSSR count). The highest BCUT2D eigenvalue weighted by atomic mass is 35.5. The van der Waals surface area contributed by atoms with Crippen molar-refractivity contribution < 1.29 is 26.7 Å². The van der Waals surface area contributed by atoms with Crippen molar-refractivity contribution in [2.24, 2.45) is 7.05 Å². The summed E-state index contributed by atoms with van der Waals surface area (Å²) in [5, 5.41) is -0.316. The zero-order valence-corrected chi connectivity index (χ0v) is 14.9. The van der Waals surface area contributed by atoms with E-state index in [1.807, 2.05) is 0 Å². The van der Waals surface area contributed by atoms with Crippen molar-refractivity contribution in [2.75, 3.05) is 4.90 Å². The van der Waals surface area contributed by atoms with Crippen molar-refractivity contribution in [1.29, 1.82) is 0 Å². The third kappa shape index (κ3) is 3.57. The fraction of sp³-hybridized carbons (Fsp3) is 0.111. The Morgan fingerprint density at radius 1 is 1.04 bits per heavy atom. The number of hydrogen-bond acceptors (Lipinski definition) is 2. The molecule has 0 aliphatic heterocycles. The van der Waals surface area contributed by atoms with E-state index in [0.717, 1.165) is 15.8 Å². The number of benzene rings is 2. The van der Waals surface area contributed by atoms with Gasteiger partial charge in [-0.3, -0.25) is 14.4 Å². The minimum Gasteiger partial charge on any atom is -0.279 e. The standard InChI is InChI=1S/C18H11ClF5N3O/c1-26-8-16(17(25-26)18(19,23)24)27(9-28)15-5-3-2-4-10(15)11-6-13(21)14(22)7-12(11)20/h2-9H,1H3. The summed E-state index contributed by atoms with van der Waals surface area (Å²) in [6, 6.07) is 6.55. The Labute approximate surface area is 160 Å². The molecule has 0 bridgehead atoms. The van der Waals surface area contributed by atoms with Gasteiger partial charge in [0.05, 0.1) is 11.4 Å². The molecule has 1 heterocycles. The molecule has 0 unspecified atom stereocenters. The van der Waals surface area contributed by atoms with Crippen LogP contribution in [0.4, 0.5) is 33.3 Å². The molecule has 1 amide bonds. The molecule has 0 saturated heterocycles. The number of rotatable bonds is 5. The highest BCUT2D eigenvalue weighted by Gasteiger charge is 2.37. The summed E-state index contributed by atoms with van der Waals surface area (Å²) < 4.78 is 69.6. The van der Waals surface area contributed by atoms with Crippen LogP contribution < -0.4 is 4.90 Å². The first kappa shape index (κ1) is 19.8. The predicted octanol–water partition coefficient (Wildman–Crippen LogP) is 5.09. The molecule has 0 aliphatic carbocycles. The van der Waals surface area contributed by atoms with Crippen molar-refractivity contribution >= 4 is 29.4 Å². The summed E-state index contributed by atoms with van der Waals surface area (Å²) in [7, 11) is 1.35. The smallest absolute Gasteiger partial charge is 0.279 e. The van der Waals surface area contributed by atoms with Crippen LogP contribution in [-0.4, -0.2) is 16.2 Å². The van der Waals surface area contributed by atoms with E-state index in [1.165, 1.54) is 31.3 Å². The van der Waals surface area contributed by atoms with Gasteiger partial charge in [-0.1, -0.05) is 18.2 Å². The van der Waals surface area contributed by atoms with Gasteiger partial charge in [-0.05, 0) is 23.7 Å². The van der Waals surface area contributed by atoms with Crippen LogP contribution in [0.2, 0.25) is 0 Å². The number of amides is 1. The van der Waals surface area contributed by atoms with Crippen LogP contribution in [-0.2, 0) is 17.2 Å². The maximum Gasteiger partial charge on any atom is 0.368 e. The average Bonchev–Trinajstić information content (AvgIpc) is 3.01. The summed E-state index contributed by atoms with van der Waals surface area (Å²) in [5.74, 6) is -3.79. The Morgan fingerprint density at radius 3 is 2.32 bits per heavy atom. The average molecular weight is 416 g/mol. The van der Waals surface area contributed by atoms with E-state index in [0.29, 0.717) is 12.1 Å². The number of carbonyl (C=O) groups excluding carboxylic acids is 1. The summed E-state index contributed by atoms with van der Waals surface area (Å²) in [6.45, 7) is 0. The first-order valence-electron chi connectivity index (χ1n) is 7.72. The topological polar surface area (TPSA) is 38.1 Å². The highest BCUT2D eigenvalue weighted by molar-refractivity contribution is 6.22. The number of anilines is 2. The van der Waals surface area contributed by atoms with E-state index in [9.17, 15) is 26.7 Å². The van der Waals surface area contributed by atoms with Crippen LogP contribution in [0.1, 0.15) is 5.69 Å². The van der Waals surface area contributed by atoms with Gasteiger partial charge >= 0.3 is 5.38 Å². The number of aryl methyl sites for hydroxylation is 1. The van der Waals surface area contributed by atoms with Gasteiger partial charge in [0.15, 0.2) is 17.3 Å². The molecule has 0 spiro atoms. The van der Waals surface area contributed by atoms with Crippen molar-refractivity contribution in [1.82, 2.24) is 9.78 Å².